The highest BCUT2D eigenvalue weighted by Gasteiger charge is 2.29. The van der Waals surface area contributed by atoms with Gasteiger partial charge in [-0.05, 0) is 36.4 Å². The molecule has 1 aromatic heterocycles. The van der Waals surface area contributed by atoms with Crippen LogP contribution in [-0.4, -0.2) is 55.5 Å². The van der Waals surface area contributed by atoms with Gasteiger partial charge < -0.3 is 14.6 Å². The minimum Gasteiger partial charge on any atom is -0.480 e. The van der Waals surface area contributed by atoms with Gasteiger partial charge in [0, 0.05) is 42.8 Å². The molecule has 164 valence electrons. The summed E-state index contributed by atoms with van der Waals surface area (Å²) in [5.41, 5.74) is 1.14. The number of anilines is 1. The molecule has 0 aliphatic rings. The Labute approximate surface area is 189 Å². The largest absolute Gasteiger partial charge is 0.480 e. The molecule has 0 atom stereocenters. The van der Waals surface area contributed by atoms with Crippen molar-refractivity contribution in [1.82, 2.24) is 9.47 Å². The number of hydrogen-bond acceptors (Lipinski definition) is 4. The van der Waals surface area contributed by atoms with E-state index in [1.54, 1.807) is 38.0 Å². The zero-order valence-electron chi connectivity index (χ0n) is 16.8. The average molecular weight is 484 g/mol. The molecule has 3 aromatic rings. The molecular formula is C20H19Cl2N3O5S. The molecule has 0 fully saturated rings. The number of carboxylic acid groups (broad SMARTS) is 1. The molecule has 0 bridgehead atoms. The molecule has 3 rings (SSSR count). The lowest BCUT2D eigenvalue weighted by Gasteiger charge is -2.23. The van der Waals surface area contributed by atoms with Gasteiger partial charge >= 0.3 is 5.97 Å². The summed E-state index contributed by atoms with van der Waals surface area (Å²) in [6.07, 6.45) is 1.64. The van der Waals surface area contributed by atoms with Crippen LogP contribution in [0.1, 0.15) is 10.4 Å². The average Bonchev–Trinajstić information content (AvgIpc) is 3.00. The Morgan fingerprint density at radius 3 is 2.23 bits per heavy atom. The van der Waals surface area contributed by atoms with Gasteiger partial charge in [-0.25, -0.2) is 8.42 Å². The van der Waals surface area contributed by atoms with Crippen LogP contribution < -0.4 is 4.31 Å². The minimum atomic E-state index is -4.30. The van der Waals surface area contributed by atoms with E-state index >= 15 is 0 Å². The number of carbonyl (C=O) groups is 2. The second kappa shape index (κ2) is 8.41. The molecule has 0 aliphatic carbocycles. The molecular weight excluding hydrogens is 465 g/mol. The van der Waals surface area contributed by atoms with Crippen LogP contribution in [0.3, 0.4) is 0 Å². The smallest absolute Gasteiger partial charge is 0.324 e. The maximum absolute atomic E-state index is 13.3. The van der Waals surface area contributed by atoms with E-state index in [0.29, 0.717) is 16.5 Å². The molecule has 0 spiro atoms. The number of aliphatic carboxylic acids is 1. The molecule has 1 amide bonds. The Hall–Kier alpha value is -2.75. The zero-order valence-corrected chi connectivity index (χ0v) is 19.2. The number of sulfonamides is 1. The number of nitrogens with zero attached hydrogens (tertiary/aromatic N) is 3. The number of aromatic nitrogens is 1. The lowest BCUT2D eigenvalue weighted by atomic mass is 10.1. The summed E-state index contributed by atoms with van der Waals surface area (Å²) in [7, 11) is 0.678. The van der Waals surface area contributed by atoms with Crippen molar-refractivity contribution in [2.24, 2.45) is 7.05 Å². The van der Waals surface area contributed by atoms with E-state index in [1.165, 1.54) is 35.2 Å². The summed E-state index contributed by atoms with van der Waals surface area (Å²) in [5, 5.41) is 10.2. The van der Waals surface area contributed by atoms with E-state index in [0.717, 1.165) is 4.31 Å². The highest BCUT2D eigenvalue weighted by atomic mass is 35.5. The van der Waals surface area contributed by atoms with Crippen LogP contribution in [0.2, 0.25) is 10.0 Å². The van der Waals surface area contributed by atoms with Crippen molar-refractivity contribution in [3.05, 3.63) is 58.2 Å². The maximum Gasteiger partial charge on any atom is 0.324 e. The number of amides is 1. The summed E-state index contributed by atoms with van der Waals surface area (Å²) in [6, 6.07) is 8.36. The van der Waals surface area contributed by atoms with Crippen LogP contribution >= 0.6 is 23.2 Å². The fraction of sp³-hybridized carbons (Fsp3) is 0.200. The number of hydrogen-bond donors (Lipinski definition) is 1. The standard InChI is InChI=1S/C20H19Cl2N3O5S/c1-23(2)20(28)17-10-24(3)18-9-14(4-5-16(17)18)25(11-19(26)27)31(29,30)15-7-12(21)6-13(22)8-15/h4-10H,11H2,1-3H3,(H,26,27). The summed E-state index contributed by atoms with van der Waals surface area (Å²) >= 11 is 11.9. The number of halogens is 2. The van der Waals surface area contributed by atoms with Crippen LogP contribution in [-0.2, 0) is 21.9 Å². The third kappa shape index (κ3) is 4.48. The summed E-state index contributed by atoms with van der Waals surface area (Å²) < 4.78 is 29.0. The fourth-order valence-corrected chi connectivity index (χ4v) is 5.31. The van der Waals surface area contributed by atoms with Crippen molar-refractivity contribution in [2.75, 3.05) is 24.9 Å². The van der Waals surface area contributed by atoms with Crippen LogP contribution in [0.4, 0.5) is 5.69 Å². The monoisotopic (exact) mass is 483 g/mol. The topological polar surface area (TPSA) is 99.9 Å². The van der Waals surface area contributed by atoms with Crippen LogP contribution in [0.25, 0.3) is 10.9 Å². The first kappa shape index (κ1) is 22.9. The first-order valence-corrected chi connectivity index (χ1v) is 11.1. The van der Waals surface area contributed by atoms with Crippen molar-refractivity contribution in [3.63, 3.8) is 0 Å². The molecule has 8 nitrogen and oxygen atoms in total. The van der Waals surface area contributed by atoms with Gasteiger partial charge in [0.25, 0.3) is 15.9 Å². The minimum absolute atomic E-state index is 0.103. The van der Waals surface area contributed by atoms with E-state index in [4.69, 9.17) is 23.2 Å². The van der Waals surface area contributed by atoms with Gasteiger partial charge in [-0.2, -0.15) is 0 Å². The summed E-state index contributed by atoms with van der Waals surface area (Å²) in [5.74, 6) is -1.55. The van der Waals surface area contributed by atoms with Crippen molar-refractivity contribution in [1.29, 1.82) is 0 Å². The van der Waals surface area contributed by atoms with E-state index in [-0.39, 0.29) is 26.5 Å². The number of rotatable bonds is 6. The van der Waals surface area contributed by atoms with Crippen molar-refractivity contribution in [3.8, 4) is 0 Å². The van der Waals surface area contributed by atoms with Crippen molar-refractivity contribution >= 4 is 61.7 Å². The molecule has 0 radical (unpaired) electrons. The molecule has 0 unspecified atom stereocenters. The molecule has 0 saturated carbocycles. The highest BCUT2D eigenvalue weighted by Crippen LogP contribution is 2.31. The van der Waals surface area contributed by atoms with Gasteiger partial charge in [0.2, 0.25) is 0 Å². The predicted molar refractivity (Wildman–Crippen MR) is 120 cm³/mol. The van der Waals surface area contributed by atoms with Gasteiger partial charge in [-0.1, -0.05) is 23.2 Å². The second-order valence-corrected chi connectivity index (χ2v) is 9.80. The quantitative estimate of drug-likeness (QED) is 0.578. The third-order valence-corrected chi connectivity index (χ3v) is 6.79. The van der Waals surface area contributed by atoms with Gasteiger partial charge in [0.1, 0.15) is 6.54 Å². The van der Waals surface area contributed by atoms with Crippen molar-refractivity contribution < 1.29 is 23.1 Å². The predicted octanol–water partition coefficient (Wildman–Crippen LogP) is 3.47. The molecule has 0 saturated heterocycles. The number of aryl methyl sites for hydroxylation is 1. The molecule has 11 heteroatoms. The van der Waals surface area contributed by atoms with E-state index in [9.17, 15) is 23.1 Å². The van der Waals surface area contributed by atoms with E-state index < -0.39 is 22.5 Å². The van der Waals surface area contributed by atoms with E-state index in [2.05, 4.69) is 0 Å². The highest BCUT2D eigenvalue weighted by molar-refractivity contribution is 7.92. The first-order chi connectivity index (χ1) is 14.4. The van der Waals surface area contributed by atoms with Gasteiger partial charge in [0.05, 0.1) is 21.7 Å². The second-order valence-electron chi connectivity index (χ2n) is 7.07. The number of fused-ring (bicyclic) bond motifs is 1. The Kier molecular flexibility index (Phi) is 6.22. The number of carbonyl (C=O) groups excluding carboxylic acids is 1. The summed E-state index contributed by atoms with van der Waals surface area (Å²) in [6.45, 7) is -0.814. The summed E-state index contributed by atoms with van der Waals surface area (Å²) in [4.78, 5) is 25.1. The SMILES string of the molecule is CN(C)C(=O)c1cn(C)c2cc(N(CC(=O)O)S(=O)(=O)c3cc(Cl)cc(Cl)c3)ccc12. The molecule has 31 heavy (non-hydrogen) atoms. The lowest BCUT2D eigenvalue weighted by molar-refractivity contribution is -0.135. The molecule has 1 heterocycles. The van der Waals surface area contributed by atoms with Gasteiger partial charge in [-0.3, -0.25) is 13.9 Å². The van der Waals surface area contributed by atoms with Crippen LogP contribution in [0.15, 0.2) is 47.5 Å². The molecule has 0 aliphatic heterocycles. The molecule has 2 aromatic carbocycles. The first-order valence-electron chi connectivity index (χ1n) is 8.93. The Morgan fingerprint density at radius 2 is 1.68 bits per heavy atom. The fourth-order valence-electron chi connectivity index (χ4n) is 3.18. The third-order valence-electron chi connectivity index (χ3n) is 4.60. The normalized spacial score (nSPS) is 11.5. The lowest BCUT2D eigenvalue weighted by Crippen LogP contribution is -2.35. The zero-order chi connectivity index (χ0) is 23.1. The van der Waals surface area contributed by atoms with Crippen LogP contribution in [0, 0.1) is 0 Å². The van der Waals surface area contributed by atoms with Crippen molar-refractivity contribution in [2.45, 2.75) is 4.90 Å². The Morgan fingerprint density at radius 1 is 1.06 bits per heavy atom. The van der Waals surface area contributed by atoms with Gasteiger partial charge in [0.15, 0.2) is 0 Å². The van der Waals surface area contributed by atoms with E-state index in [1.807, 2.05) is 0 Å². The van der Waals surface area contributed by atoms with Crippen LogP contribution in [0.5, 0.6) is 0 Å². The Bertz CT molecular complexity index is 1280. The number of benzene rings is 2. The number of carboxylic acids is 1. The van der Waals surface area contributed by atoms with Gasteiger partial charge in [-0.15, -0.1) is 0 Å². The maximum atomic E-state index is 13.3. The molecule has 1 N–H and O–H groups in total. The Balaban J connectivity index is 2.18.